The van der Waals surface area contributed by atoms with Crippen molar-refractivity contribution in [3.05, 3.63) is 0 Å². The highest BCUT2D eigenvalue weighted by atomic mass is 32.3. The van der Waals surface area contributed by atoms with E-state index in [1.165, 1.54) is 0 Å². The van der Waals surface area contributed by atoms with E-state index in [0.717, 1.165) is 0 Å². The van der Waals surface area contributed by atoms with E-state index < -0.39 is 10.5 Å². The van der Waals surface area contributed by atoms with Crippen LogP contribution in [0.25, 0.3) is 0 Å². The fourth-order valence-corrected chi connectivity index (χ4v) is 0. The summed E-state index contributed by atoms with van der Waals surface area (Å²) in [4.78, 5) is 0. The van der Waals surface area contributed by atoms with Gasteiger partial charge >= 0.3 is 10.5 Å². The van der Waals surface area contributed by atoms with Crippen molar-refractivity contribution in [1.29, 1.82) is 0 Å². The first-order chi connectivity index (χ1) is 2.00. The molecule has 0 aromatic carbocycles. The van der Waals surface area contributed by atoms with Crippen molar-refractivity contribution in [2.75, 3.05) is 0 Å². The molecule has 1 N–H and O–H groups in total. The maximum atomic E-state index is 10.2. The number of rotatable bonds is 0. The van der Waals surface area contributed by atoms with Gasteiger partial charge in [-0.25, -0.2) is 0 Å². The third-order valence-electron chi connectivity index (χ3n) is 0. The van der Waals surface area contributed by atoms with Gasteiger partial charge < -0.3 is 0 Å². The maximum absolute atomic E-state index is 10.2. The lowest BCUT2D eigenvalue weighted by atomic mass is 15.9. The SMILES string of the molecule is F.O=S(=O)(O)F. The van der Waals surface area contributed by atoms with Crippen molar-refractivity contribution in [3.8, 4) is 0 Å². The zero-order valence-electron chi connectivity index (χ0n) is 2.46. The van der Waals surface area contributed by atoms with Gasteiger partial charge in [0.15, 0.2) is 0 Å². The van der Waals surface area contributed by atoms with Crippen LogP contribution in [0.5, 0.6) is 0 Å². The van der Waals surface area contributed by atoms with Crippen LogP contribution >= 0.6 is 0 Å². The van der Waals surface area contributed by atoms with E-state index in [0.29, 0.717) is 0 Å². The zero-order chi connectivity index (χ0) is 4.50. The average Bonchev–Trinajstić information content (AvgIpc) is 0.722. The van der Waals surface area contributed by atoms with Gasteiger partial charge in [-0.05, 0) is 0 Å². The number of halogens is 2. The molecule has 0 rings (SSSR count). The standard InChI is InChI=1S/FHO3S.FH/c1-5(2,3)4;/h(H,2,3,4);1H. The molecule has 0 amide bonds. The molecule has 6 heteroatoms. The van der Waals surface area contributed by atoms with Gasteiger partial charge in [0.2, 0.25) is 0 Å². The molecule has 0 aliphatic carbocycles. The molecule has 40 valence electrons. The van der Waals surface area contributed by atoms with Crippen LogP contribution in [0.3, 0.4) is 0 Å². The van der Waals surface area contributed by atoms with E-state index in [1.807, 2.05) is 0 Å². The minimum absolute atomic E-state index is 0. The first-order valence-electron chi connectivity index (χ1n) is 0.670. The molecule has 0 heterocycles. The van der Waals surface area contributed by atoms with E-state index >= 15 is 0 Å². The largest absolute Gasteiger partial charge is 0.435 e. The van der Waals surface area contributed by atoms with Crippen LogP contribution in [0.1, 0.15) is 0 Å². The molecule has 0 aliphatic heterocycles. The second-order valence-electron chi connectivity index (χ2n) is 0.412. The Morgan fingerprint density at radius 3 is 1.50 bits per heavy atom. The summed E-state index contributed by atoms with van der Waals surface area (Å²) in [5, 5.41) is 0. The quantitative estimate of drug-likeness (QED) is 0.359. The van der Waals surface area contributed by atoms with E-state index in [4.69, 9.17) is 13.0 Å². The lowest BCUT2D eigenvalue weighted by Crippen LogP contribution is -1.80. The Balaban J connectivity index is 0. The van der Waals surface area contributed by atoms with Crippen LogP contribution in [0.15, 0.2) is 0 Å². The van der Waals surface area contributed by atoms with Gasteiger partial charge in [-0.3, -0.25) is 9.26 Å². The summed E-state index contributed by atoms with van der Waals surface area (Å²) in [7, 11) is -5.17. The molecule has 0 spiro atoms. The minimum atomic E-state index is -5.17. The van der Waals surface area contributed by atoms with Gasteiger partial charge in [-0.15, -0.1) is 0 Å². The Hall–Kier alpha value is -0.230. The summed E-state index contributed by atoms with van der Waals surface area (Å²) in [6.45, 7) is 0. The summed E-state index contributed by atoms with van der Waals surface area (Å²) in [5.41, 5.74) is 0. The van der Waals surface area contributed by atoms with E-state index in [1.54, 1.807) is 0 Å². The van der Waals surface area contributed by atoms with Crippen LogP contribution in [-0.2, 0) is 10.5 Å². The van der Waals surface area contributed by atoms with Gasteiger partial charge in [0.1, 0.15) is 0 Å². The highest BCUT2D eigenvalue weighted by molar-refractivity contribution is 7.80. The molecule has 3 nitrogen and oxygen atoms in total. The topological polar surface area (TPSA) is 54.4 Å². The number of hydrogen-bond donors (Lipinski definition) is 1. The van der Waals surface area contributed by atoms with Crippen molar-refractivity contribution in [1.82, 2.24) is 0 Å². The second kappa shape index (κ2) is 2.04. The first-order valence-corrected chi connectivity index (χ1v) is 2.01. The third kappa shape index (κ3) is 547. The molecule has 0 aromatic rings. The lowest BCUT2D eigenvalue weighted by Gasteiger charge is -1.63. The first kappa shape index (κ1) is 9.24. The van der Waals surface area contributed by atoms with Crippen molar-refractivity contribution < 1.29 is 21.6 Å². The van der Waals surface area contributed by atoms with E-state index in [-0.39, 0.29) is 4.70 Å². The van der Waals surface area contributed by atoms with E-state index in [2.05, 4.69) is 0 Å². The summed E-state index contributed by atoms with van der Waals surface area (Å²) < 4.78 is 34.1. The van der Waals surface area contributed by atoms with Crippen LogP contribution in [-0.4, -0.2) is 13.0 Å². The molecule has 0 saturated carbocycles. The highest BCUT2D eigenvalue weighted by Crippen LogP contribution is 1.74. The molecule has 0 bridgehead atoms. The normalized spacial score (nSPS) is 9.67. The maximum Gasteiger partial charge on any atom is 0.435 e. The van der Waals surface area contributed by atoms with Crippen LogP contribution in [0.2, 0.25) is 0 Å². The minimum Gasteiger partial charge on any atom is -0.269 e. The van der Waals surface area contributed by atoms with Gasteiger partial charge in [0, 0.05) is 0 Å². The summed E-state index contributed by atoms with van der Waals surface area (Å²) >= 11 is 0. The fraction of sp³-hybridized carbons (Fsp3) is 0. The predicted molar refractivity (Wildman–Crippen MR) is 15.2 cm³/mol. The van der Waals surface area contributed by atoms with Crippen LogP contribution in [0, 0.1) is 0 Å². The molecular formula is H2F2O3S. The molecule has 0 aromatic heterocycles. The molecule has 0 radical (unpaired) electrons. The van der Waals surface area contributed by atoms with Gasteiger partial charge in [-0.1, -0.05) is 3.89 Å². The Morgan fingerprint density at radius 1 is 1.50 bits per heavy atom. The lowest BCUT2D eigenvalue weighted by molar-refractivity contribution is 0.435. The highest BCUT2D eigenvalue weighted by Gasteiger charge is 1.89. The number of hydrogen-bond acceptors (Lipinski definition) is 2. The third-order valence-corrected chi connectivity index (χ3v) is 0. The average molecular weight is 120 g/mol. The summed E-state index contributed by atoms with van der Waals surface area (Å²) in [6.07, 6.45) is 0. The second-order valence-corrected chi connectivity index (χ2v) is 1.24. The predicted octanol–water partition coefficient (Wildman–Crippen LogP) is -0.0888. The van der Waals surface area contributed by atoms with Crippen molar-refractivity contribution >= 4 is 10.5 Å². The van der Waals surface area contributed by atoms with Gasteiger partial charge in [0.25, 0.3) is 0 Å². The van der Waals surface area contributed by atoms with Crippen molar-refractivity contribution in [2.24, 2.45) is 0 Å². The van der Waals surface area contributed by atoms with Gasteiger partial charge in [0.05, 0.1) is 0 Å². The Bertz CT molecular complexity index is 92.0. The Morgan fingerprint density at radius 2 is 1.50 bits per heavy atom. The van der Waals surface area contributed by atoms with Crippen LogP contribution in [0.4, 0.5) is 8.59 Å². The molecule has 0 aliphatic rings. The molecule has 6 heavy (non-hydrogen) atoms. The monoisotopic (exact) mass is 120 g/mol. The Labute approximate surface area is 33.2 Å². The van der Waals surface area contributed by atoms with Gasteiger partial charge in [-0.2, -0.15) is 8.42 Å². The molecule has 0 unspecified atom stereocenters. The summed E-state index contributed by atoms with van der Waals surface area (Å²) in [5.74, 6) is 0. The van der Waals surface area contributed by atoms with Crippen molar-refractivity contribution in [3.63, 3.8) is 0 Å². The van der Waals surface area contributed by atoms with Crippen LogP contribution < -0.4 is 0 Å². The molecular weight excluding hydrogens is 118 g/mol. The zero-order valence-corrected chi connectivity index (χ0v) is 3.27. The molecule has 0 saturated heterocycles. The molecule has 0 atom stereocenters. The summed E-state index contributed by atoms with van der Waals surface area (Å²) in [6, 6.07) is 0. The Kier molecular flexibility index (Phi) is 3.13. The molecule has 0 fully saturated rings. The fourth-order valence-electron chi connectivity index (χ4n) is 0. The smallest absolute Gasteiger partial charge is 0.269 e. The van der Waals surface area contributed by atoms with E-state index in [9.17, 15) is 3.89 Å². The van der Waals surface area contributed by atoms with Crippen molar-refractivity contribution in [2.45, 2.75) is 0 Å².